The maximum absolute atomic E-state index is 12.5. The number of aromatic nitrogens is 1. The number of hydrogen-bond donors (Lipinski definition) is 0. The Labute approximate surface area is 113 Å². The minimum absolute atomic E-state index is 0.249. The molecule has 1 aromatic heterocycles. The van der Waals surface area contributed by atoms with Crippen LogP contribution >= 0.6 is 0 Å². The van der Waals surface area contributed by atoms with Crippen molar-refractivity contribution in [2.45, 2.75) is 18.6 Å². The Hall–Kier alpha value is -2.15. The Morgan fingerprint density at radius 3 is 3.05 bits per heavy atom. The fourth-order valence-corrected chi connectivity index (χ4v) is 3.44. The van der Waals surface area contributed by atoms with E-state index in [9.17, 15) is 14.7 Å². The standard InChI is InChI=1S/C13H12N2O5/c1-6-4-8(14-20-6)15-5-13-3-2-7(19-13)9(12(17)18)10(13)11(15)16/h2-4,7,9-10H,5H2,1H3,(H,17,18)/p-1/t7-,9+,10-,13-/m1/s1. The molecule has 0 aliphatic carbocycles. The Morgan fingerprint density at radius 1 is 1.60 bits per heavy atom. The van der Waals surface area contributed by atoms with E-state index in [1.807, 2.05) is 0 Å². The van der Waals surface area contributed by atoms with Crippen molar-refractivity contribution in [2.24, 2.45) is 11.8 Å². The lowest BCUT2D eigenvalue weighted by Crippen LogP contribution is -2.45. The fraction of sp³-hybridized carbons (Fsp3) is 0.462. The van der Waals surface area contributed by atoms with E-state index >= 15 is 0 Å². The third-order valence-corrected chi connectivity index (χ3v) is 4.26. The van der Waals surface area contributed by atoms with Crippen molar-refractivity contribution in [3.8, 4) is 0 Å². The molecule has 3 aliphatic rings. The lowest BCUT2D eigenvalue weighted by atomic mass is 9.77. The van der Waals surface area contributed by atoms with Gasteiger partial charge < -0.3 is 19.2 Å². The van der Waals surface area contributed by atoms with E-state index < -0.39 is 29.5 Å². The van der Waals surface area contributed by atoms with Gasteiger partial charge in [0, 0.05) is 18.0 Å². The van der Waals surface area contributed by atoms with Crippen molar-refractivity contribution in [3.05, 3.63) is 24.0 Å². The normalized spacial score (nSPS) is 37.8. The summed E-state index contributed by atoms with van der Waals surface area (Å²) in [5, 5.41) is 15.1. The number of amides is 1. The highest BCUT2D eigenvalue weighted by Gasteiger charge is 2.65. The second-order valence-corrected chi connectivity index (χ2v) is 5.44. The van der Waals surface area contributed by atoms with Crippen LogP contribution in [0.25, 0.3) is 0 Å². The van der Waals surface area contributed by atoms with Crippen molar-refractivity contribution in [1.29, 1.82) is 0 Å². The average molecular weight is 275 g/mol. The van der Waals surface area contributed by atoms with E-state index in [0.717, 1.165) is 0 Å². The number of fused-ring (bicyclic) bond motifs is 1. The zero-order valence-electron chi connectivity index (χ0n) is 10.6. The van der Waals surface area contributed by atoms with Gasteiger partial charge in [-0.05, 0) is 6.92 Å². The molecule has 20 heavy (non-hydrogen) atoms. The smallest absolute Gasteiger partial charge is 0.235 e. The maximum atomic E-state index is 12.5. The number of carboxylic acids is 1. The summed E-state index contributed by atoms with van der Waals surface area (Å²) in [7, 11) is 0. The summed E-state index contributed by atoms with van der Waals surface area (Å²) in [6, 6.07) is 1.64. The molecule has 0 N–H and O–H groups in total. The van der Waals surface area contributed by atoms with Gasteiger partial charge in [-0.25, -0.2) is 0 Å². The number of nitrogens with zero attached hydrogens (tertiary/aromatic N) is 2. The van der Waals surface area contributed by atoms with Crippen LogP contribution in [0, 0.1) is 18.8 Å². The summed E-state index contributed by atoms with van der Waals surface area (Å²) < 4.78 is 10.7. The summed E-state index contributed by atoms with van der Waals surface area (Å²) in [5.74, 6) is -2.28. The molecule has 1 spiro atoms. The van der Waals surface area contributed by atoms with Crippen LogP contribution in [-0.2, 0) is 14.3 Å². The van der Waals surface area contributed by atoms with Crippen LogP contribution in [0.3, 0.4) is 0 Å². The lowest BCUT2D eigenvalue weighted by Gasteiger charge is -2.24. The van der Waals surface area contributed by atoms with Gasteiger partial charge in [-0.3, -0.25) is 9.69 Å². The molecule has 2 saturated heterocycles. The lowest BCUT2D eigenvalue weighted by molar-refractivity contribution is -0.313. The molecule has 104 valence electrons. The fourth-order valence-electron chi connectivity index (χ4n) is 3.44. The van der Waals surface area contributed by atoms with E-state index in [2.05, 4.69) is 5.16 Å². The molecule has 1 amide bonds. The third-order valence-electron chi connectivity index (χ3n) is 4.26. The Bertz CT molecular complexity index is 651. The Kier molecular flexibility index (Phi) is 2.03. The molecule has 2 fully saturated rings. The van der Waals surface area contributed by atoms with Crippen molar-refractivity contribution in [3.63, 3.8) is 0 Å². The minimum atomic E-state index is -1.25. The molecule has 7 nitrogen and oxygen atoms in total. The monoisotopic (exact) mass is 275 g/mol. The molecular weight excluding hydrogens is 264 g/mol. The second kappa shape index (κ2) is 3.49. The van der Waals surface area contributed by atoms with Gasteiger partial charge in [0.25, 0.3) is 0 Å². The van der Waals surface area contributed by atoms with Gasteiger partial charge in [0.15, 0.2) is 5.82 Å². The Morgan fingerprint density at radius 2 is 2.40 bits per heavy atom. The van der Waals surface area contributed by atoms with Crippen molar-refractivity contribution in [2.75, 3.05) is 11.4 Å². The van der Waals surface area contributed by atoms with Crippen LogP contribution < -0.4 is 10.0 Å². The van der Waals surface area contributed by atoms with Crippen LogP contribution in [0.5, 0.6) is 0 Å². The number of hydrogen-bond acceptors (Lipinski definition) is 6. The number of aliphatic carboxylic acids is 1. The zero-order valence-corrected chi connectivity index (χ0v) is 10.6. The van der Waals surface area contributed by atoms with Gasteiger partial charge in [0.1, 0.15) is 11.4 Å². The number of rotatable bonds is 2. The molecule has 2 bridgehead atoms. The predicted octanol–water partition coefficient (Wildman–Crippen LogP) is -0.981. The third kappa shape index (κ3) is 1.25. The minimum Gasteiger partial charge on any atom is -0.550 e. The molecule has 0 aromatic carbocycles. The van der Waals surface area contributed by atoms with Crippen LogP contribution in [0.4, 0.5) is 5.82 Å². The predicted molar refractivity (Wildman–Crippen MR) is 62.3 cm³/mol. The molecule has 4 rings (SSSR count). The van der Waals surface area contributed by atoms with Crippen LogP contribution in [0.15, 0.2) is 22.7 Å². The maximum Gasteiger partial charge on any atom is 0.235 e. The number of carbonyl (C=O) groups excluding carboxylic acids is 2. The SMILES string of the molecule is Cc1cc(N2C[C@@]34C=C[C@@H](O3)[C@H](C(=O)[O-])[C@@H]4C2=O)no1. The van der Waals surface area contributed by atoms with Crippen LogP contribution in [0.1, 0.15) is 5.76 Å². The average Bonchev–Trinajstić information content (AvgIpc) is 3.10. The summed E-state index contributed by atoms with van der Waals surface area (Å²) in [6.45, 7) is 1.97. The highest BCUT2D eigenvalue weighted by atomic mass is 16.5. The number of carboxylic acid groups (broad SMARTS) is 1. The van der Waals surface area contributed by atoms with Crippen molar-refractivity contribution >= 4 is 17.7 Å². The topological polar surface area (TPSA) is 95.7 Å². The molecule has 0 radical (unpaired) electrons. The highest BCUT2D eigenvalue weighted by molar-refractivity contribution is 6.01. The quantitative estimate of drug-likeness (QED) is 0.644. The number of carbonyl (C=O) groups is 2. The summed E-state index contributed by atoms with van der Waals surface area (Å²) in [6.07, 6.45) is 2.91. The van der Waals surface area contributed by atoms with Gasteiger partial charge in [-0.1, -0.05) is 17.3 Å². The molecule has 0 unspecified atom stereocenters. The number of anilines is 1. The number of ether oxygens (including phenoxy) is 1. The molecule has 4 heterocycles. The summed E-state index contributed by atoms with van der Waals surface area (Å²) >= 11 is 0. The van der Waals surface area contributed by atoms with E-state index in [0.29, 0.717) is 11.6 Å². The molecular formula is C13H11N2O5-. The second-order valence-electron chi connectivity index (χ2n) is 5.44. The first-order chi connectivity index (χ1) is 9.52. The van der Waals surface area contributed by atoms with Crippen LogP contribution in [0.2, 0.25) is 0 Å². The molecule has 0 saturated carbocycles. The van der Waals surface area contributed by atoms with Gasteiger partial charge in [-0.15, -0.1) is 0 Å². The number of aryl methyl sites for hydroxylation is 1. The Balaban J connectivity index is 1.75. The van der Waals surface area contributed by atoms with Gasteiger partial charge >= 0.3 is 0 Å². The highest BCUT2D eigenvalue weighted by Crippen LogP contribution is 2.52. The van der Waals surface area contributed by atoms with E-state index in [4.69, 9.17) is 9.26 Å². The van der Waals surface area contributed by atoms with Gasteiger partial charge in [0.2, 0.25) is 5.91 Å². The largest absolute Gasteiger partial charge is 0.550 e. The van der Waals surface area contributed by atoms with E-state index in [1.54, 1.807) is 25.1 Å². The first-order valence-corrected chi connectivity index (χ1v) is 6.34. The summed E-state index contributed by atoms with van der Waals surface area (Å²) in [4.78, 5) is 25.2. The molecule has 7 heteroatoms. The van der Waals surface area contributed by atoms with Crippen molar-refractivity contribution < 1.29 is 24.0 Å². The zero-order chi connectivity index (χ0) is 14.1. The molecule has 3 aliphatic heterocycles. The van der Waals surface area contributed by atoms with Crippen LogP contribution in [-0.4, -0.2) is 35.3 Å². The van der Waals surface area contributed by atoms with Gasteiger partial charge in [-0.2, -0.15) is 0 Å². The molecule has 1 aromatic rings. The van der Waals surface area contributed by atoms with Crippen molar-refractivity contribution in [1.82, 2.24) is 5.16 Å². The van der Waals surface area contributed by atoms with E-state index in [-0.39, 0.29) is 12.5 Å². The molecule has 4 atom stereocenters. The first kappa shape index (κ1) is 11.7. The van der Waals surface area contributed by atoms with E-state index in [1.165, 1.54) is 4.90 Å². The van der Waals surface area contributed by atoms with Gasteiger partial charge in [0.05, 0.1) is 18.6 Å². The first-order valence-electron chi connectivity index (χ1n) is 6.34. The summed E-state index contributed by atoms with van der Waals surface area (Å²) in [5.41, 5.74) is -0.876.